The van der Waals surface area contributed by atoms with E-state index in [-0.39, 0.29) is 107 Å². The van der Waals surface area contributed by atoms with Crippen molar-refractivity contribution in [3.63, 3.8) is 0 Å². The predicted octanol–water partition coefficient (Wildman–Crippen LogP) is 10.6. The summed E-state index contributed by atoms with van der Waals surface area (Å²) >= 11 is 0. The lowest BCUT2D eigenvalue weighted by atomic mass is 9.81. The number of ketones is 2. The number of aryl methyl sites for hydroxylation is 1. The highest BCUT2D eigenvalue weighted by Gasteiger charge is 2.44. The standard InChI is InChI=1S/C73H91N5O18S2/c1-49-26-35-63-60(44-49)73(4,5)65(78(63)41-12-14-43-98(92,93)94)37-30-53-21-15-20-52(29-36-64-72(2,3)59-23-9-10-24-62(59)77(64)40-11-13-42-97(89,90)91)67(53)95-58-32-27-51(28-33-58)46-55(70(86)96-88)48-56(79)22-16-38-74-68(83)54(45-50-18-7-6-8-19-50)47-57(80)31-34-61(69(84)85)76-71(87)75-39-17-25-66(81)82/h6-10,18-19,23-24,26-30,32-33,35-37,44,54-55,61H,11-17,20-22,25,31,34,38-43,45-48H2,1-5H3,(H7-,74,75,76,81,82,83,84,85,87,88,89,90,91,92,93,94)/p+1/t54-,55-,61+/m1/s1. The van der Waals surface area contributed by atoms with Crippen LogP contribution in [0.3, 0.4) is 0 Å². The molecule has 4 aromatic carbocycles. The number of benzene rings is 4. The van der Waals surface area contributed by atoms with E-state index in [1.807, 2.05) is 31.2 Å². The lowest BCUT2D eigenvalue weighted by molar-refractivity contribution is -0.438. The number of rotatable bonds is 38. The van der Waals surface area contributed by atoms with Gasteiger partial charge in [-0.25, -0.2) is 14.4 Å². The SMILES string of the molecule is Cc1ccc2c(c1)C(C)(C)C(=CC=C1CCCC(C=CC3=[N+](CCCCS(=O)(=O)O)c4ccccc4C3(C)C)=C1Oc1ccc(C[C@H](CC(=O)CCCNC(=O)[C@@H](CC(=O)CC[C@H](NC(=O)NCCCC(=O)O)C(=O)O)Cc3ccccc3)C(=O)OO)cc1)N2CCCCS(=O)(=O)O. The van der Waals surface area contributed by atoms with E-state index in [9.17, 15) is 69.9 Å². The normalized spacial score (nSPS) is 16.7. The van der Waals surface area contributed by atoms with Gasteiger partial charge >= 0.3 is 23.9 Å². The third kappa shape index (κ3) is 22.5. The Labute approximate surface area is 573 Å². The minimum atomic E-state index is -4.15. The number of nitrogens with zero attached hydrogens (tertiary/aromatic N) is 2. The van der Waals surface area contributed by atoms with Crippen molar-refractivity contribution in [1.82, 2.24) is 16.0 Å². The molecule has 0 aromatic heterocycles. The quantitative estimate of drug-likeness (QED) is 0.00679. The Bertz CT molecular complexity index is 3950. The largest absolute Gasteiger partial charge is 0.481 e. The Morgan fingerprint density at radius 3 is 1.99 bits per heavy atom. The van der Waals surface area contributed by atoms with Crippen LogP contribution in [0.25, 0.3) is 0 Å². The first-order valence-electron chi connectivity index (χ1n) is 33.3. The first-order chi connectivity index (χ1) is 46.4. The fourth-order valence-electron chi connectivity index (χ4n) is 12.9. The number of carbonyl (C=O) groups is 7. The number of hydrogen-bond donors (Lipinski definition) is 8. The van der Waals surface area contributed by atoms with Crippen LogP contribution in [-0.4, -0.2) is 137 Å². The smallest absolute Gasteiger partial charge is 0.345 e. The summed E-state index contributed by atoms with van der Waals surface area (Å²) in [5, 5.41) is 35.6. The lowest BCUT2D eigenvalue weighted by Crippen LogP contribution is -2.46. The molecule has 25 heteroatoms. The van der Waals surface area contributed by atoms with E-state index in [1.165, 1.54) is 0 Å². The number of carboxylic acids is 2. The van der Waals surface area contributed by atoms with Gasteiger partial charge in [-0.15, -0.1) is 0 Å². The second kappa shape index (κ2) is 35.2. The molecule has 3 amide bonds. The number of amides is 3. The van der Waals surface area contributed by atoms with E-state index in [4.69, 9.17) is 9.84 Å². The van der Waals surface area contributed by atoms with Gasteiger partial charge in [0.15, 0.2) is 5.71 Å². The molecule has 0 saturated heterocycles. The second-order valence-corrected chi connectivity index (χ2v) is 29.5. The minimum absolute atomic E-state index is 0.00489. The summed E-state index contributed by atoms with van der Waals surface area (Å²) in [6.45, 7) is 11.7. The van der Waals surface area contributed by atoms with Crippen LogP contribution in [0.2, 0.25) is 0 Å². The molecule has 0 saturated carbocycles. The van der Waals surface area contributed by atoms with E-state index in [0.29, 0.717) is 55.8 Å². The Balaban J connectivity index is 1.07. The molecule has 0 radical (unpaired) electrons. The molecule has 3 atom stereocenters. The van der Waals surface area contributed by atoms with E-state index in [1.54, 1.807) is 54.6 Å². The summed E-state index contributed by atoms with van der Waals surface area (Å²) in [4.78, 5) is 95.1. The summed E-state index contributed by atoms with van der Waals surface area (Å²) in [5.74, 6) is -6.27. The van der Waals surface area contributed by atoms with Crippen LogP contribution < -0.4 is 25.6 Å². The Morgan fingerprint density at radius 1 is 0.673 bits per heavy atom. The fourth-order valence-corrected chi connectivity index (χ4v) is 14.0. The molecule has 1 aliphatic carbocycles. The number of anilines is 1. The van der Waals surface area contributed by atoms with E-state index >= 15 is 0 Å². The molecule has 528 valence electrons. The van der Waals surface area contributed by atoms with Crippen molar-refractivity contribution in [3.05, 3.63) is 172 Å². The molecule has 0 bridgehead atoms. The molecule has 0 spiro atoms. The number of nitrogens with one attached hydrogen (secondary N) is 3. The number of urea groups is 1. The highest BCUT2D eigenvalue weighted by molar-refractivity contribution is 7.86. The highest BCUT2D eigenvalue weighted by atomic mass is 32.2. The van der Waals surface area contributed by atoms with E-state index in [0.717, 1.165) is 62.6 Å². The molecular weight excluding hydrogens is 1300 g/mol. The average molecular weight is 1390 g/mol. The van der Waals surface area contributed by atoms with Gasteiger partial charge in [-0.1, -0.05) is 98.3 Å². The molecular formula is C73H92N5O18S2+. The number of Topliss-reactive ketones (excluding diaryl/α,β-unsaturated/α-hetero) is 2. The summed E-state index contributed by atoms with van der Waals surface area (Å²) in [5.41, 5.74) is 9.57. The molecule has 2 heterocycles. The van der Waals surface area contributed by atoms with Crippen LogP contribution in [-0.2, 0) is 77.6 Å². The molecule has 0 fully saturated rings. The lowest BCUT2D eigenvalue weighted by Gasteiger charge is -2.27. The van der Waals surface area contributed by atoms with E-state index in [2.05, 4.69) is 101 Å². The number of aliphatic carboxylic acids is 2. The van der Waals surface area contributed by atoms with Gasteiger partial charge < -0.3 is 40.7 Å². The van der Waals surface area contributed by atoms with Gasteiger partial charge in [0.2, 0.25) is 11.6 Å². The molecule has 4 aromatic rings. The number of para-hydroxylation sites is 1. The van der Waals surface area contributed by atoms with Gasteiger partial charge in [-0.2, -0.15) is 26.7 Å². The van der Waals surface area contributed by atoms with Crippen LogP contribution in [0.5, 0.6) is 5.75 Å². The summed E-state index contributed by atoms with van der Waals surface area (Å²) < 4.78 is 75.0. The molecule has 23 nitrogen and oxygen atoms in total. The molecule has 3 aliphatic rings. The average Bonchev–Trinajstić information content (AvgIpc) is 1.60. The molecule has 98 heavy (non-hydrogen) atoms. The van der Waals surface area contributed by atoms with Crippen LogP contribution in [0.1, 0.15) is 152 Å². The van der Waals surface area contributed by atoms with Crippen molar-refractivity contribution in [1.29, 1.82) is 0 Å². The number of carboxylic acid groups (broad SMARTS) is 2. The van der Waals surface area contributed by atoms with Gasteiger partial charge in [0.1, 0.15) is 35.7 Å². The summed E-state index contributed by atoms with van der Waals surface area (Å²) in [6, 6.07) is 28.1. The van der Waals surface area contributed by atoms with Crippen LogP contribution in [0.15, 0.2) is 144 Å². The molecule has 8 N–H and O–H groups in total. The second-order valence-electron chi connectivity index (χ2n) is 26.4. The molecule has 2 aliphatic heterocycles. The maximum atomic E-state index is 13.7. The number of carbonyl (C=O) groups excluding carboxylic acids is 5. The fraction of sp³-hybridized carbons (Fsp3) is 0.452. The number of allylic oxidation sites excluding steroid dienone is 7. The van der Waals surface area contributed by atoms with Gasteiger partial charge in [-0.05, 0) is 150 Å². The van der Waals surface area contributed by atoms with Crippen LogP contribution in [0.4, 0.5) is 16.2 Å². The van der Waals surface area contributed by atoms with Gasteiger partial charge in [-0.3, -0.25) is 28.3 Å². The van der Waals surface area contributed by atoms with Crippen molar-refractivity contribution in [2.45, 2.75) is 161 Å². The Kier molecular flexibility index (Phi) is 27.6. The van der Waals surface area contributed by atoms with Crippen molar-refractivity contribution >= 4 is 78.7 Å². The minimum Gasteiger partial charge on any atom is -0.481 e. The zero-order valence-corrected chi connectivity index (χ0v) is 57.9. The summed E-state index contributed by atoms with van der Waals surface area (Å²) in [7, 11) is -8.29. The van der Waals surface area contributed by atoms with Crippen molar-refractivity contribution < 1.29 is 89.2 Å². The highest BCUT2D eigenvalue weighted by Crippen LogP contribution is 2.49. The Hall–Kier alpha value is -8.62. The number of fused-ring (bicyclic) bond motifs is 2. The third-order valence-corrected chi connectivity index (χ3v) is 19.7. The van der Waals surface area contributed by atoms with Crippen molar-refractivity contribution in [3.8, 4) is 5.75 Å². The first kappa shape index (κ1) is 76.7. The Morgan fingerprint density at radius 2 is 1.31 bits per heavy atom. The van der Waals surface area contributed by atoms with Crippen molar-refractivity contribution in [2.24, 2.45) is 11.8 Å². The van der Waals surface area contributed by atoms with Gasteiger partial charge in [0.05, 0.1) is 22.8 Å². The van der Waals surface area contributed by atoms with Crippen LogP contribution >= 0.6 is 0 Å². The monoisotopic (exact) mass is 1390 g/mol. The topological polar surface area (TPSA) is 350 Å². The van der Waals surface area contributed by atoms with Gasteiger partial charge in [0, 0.05) is 98.6 Å². The number of hydrogen-bond acceptors (Lipinski definition) is 15. The maximum Gasteiger partial charge on any atom is 0.345 e. The summed E-state index contributed by atoms with van der Waals surface area (Å²) in [6.07, 6.45) is 11.1. The molecule has 0 unspecified atom stereocenters. The first-order valence-corrected chi connectivity index (χ1v) is 36.5. The third-order valence-electron chi connectivity index (χ3n) is 18.1. The zero-order chi connectivity index (χ0) is 71.4. The maximum absolute atomic E-state index is 13.7. The number of unbranched alkanes of at least 4 members (excludes halogenated alkanes) is 2. The van der Waals surface area contributed by atoms with Crippen LogP contribution in [0, 0.1) is 18.8 Å². The zero-order valence-electron chi connectivity index (χ0n) is 56.3. The predicted molar refractivity (Wildman–Crippen MR) is 370 cm³/mol. The van der Waals surface area contributed by atoms with Crippen molar-refractivity contribution in [2.75, 3.05) is 42.6 Å². The number of ether oxygens (including phenoxy) is 1. The molecule has 7 rings (SSSR count). The van der Waals surface area contributed by atoms with Gasteiger partial charge in [0.25, 0.3) is 20.2 Å². The van der Waals surface area contributed by atoms with E-state index < -0.39 is 84.6 Å².